The number of hydrazine groups is 1. The second-order valence-electron chi connectivity index (χ2n) is 4.26. The molecule has 100 valence electrons. The van der Waals surface area contributed by atoms with Crippen molar-refractivity contribution >= 4 is 5.91 Å². The number of nitrogens with two attached hydrogens (primary N) is 1. The molecule has 0 spiro atoms. The molecule has 0 aliphatic carbocycles. The lowest BCUT2D eigenvalue weighted by molar-refractivity contribution is -0.121. The topological polar surface area (TPSA) is 67.6 Å². The number of nitrogens with one attached hydrogen (secondary N) is 1. The SMILES string of the molecule is COc1ccc(CN(C)CCCC(=O)NN)cc1. The number of amides is 1. The van der Waals surface area contributed by atoms with Gasteiger partial charge in [-0.05, 0) is 37.7 Å². The molecule has 1 rings (SSSR count). The summed E-state index contributed by atoms with van der Waals surface area (Å²) in [7, 11) is 3.69. The molecule has 0 unspecified atom stereocenters. The first-order chi connectivity index (χ1) is 8.65. The van der Waals surface area contributed by atoms with E-state index in [1.54, 1.807) is 7.11 Å². The fourth-order valence-electron chi connectivity index (χ4n) is 1.70. The Morgan fingerprint density at radius 3 is 2.61 bits per heavy atom. The van der Waals surface area contributed by atoms with Crippen molar-refractivity contribution in [1.82, 2.24) is 10.3 Å². The van der Waals surface area contributed by atoms with Gasteiger partial charge in [-0.2, -0.15) is 0 Å². The van der Waals surface area contributed by atoms with Crippen molar-refractivity contribution in [1.29, 1.82) is 0 Å². The number of carbonyl (C=O) groups is 1. The summed E-state index contributed by atoms with van der Waals surface area (Å²) in [5.74, 6) is 5.76. The lowest BCUT2D eigenvalue weighted by Crippen LogP contribution is -2.30. The molecule has 5 nitrogen and oxygen atoms in total. The van der Waals surface area contributed by atoms with E-state index in [0.717, 1.165) is 25.3 Å². The standard InChI is InChI=1S/C13H21N3O2/c1-16(9-3-4-13(17)15-14)10-11-5-7-12(18-2)8-6-11/h5-8H,3-4,9-10,14H2,1-2H3,(H,15,17). The van der Waals surface area contributed by atoms with Gasteiger partial charge >= 0.3 is 0 Å². The number of methoxy groups -OCH3 is 1. The van der Waals surface area contributed by atoms with Crippen LogP contribution in [0.15, 0.2) is 24.3 Å². The maximum absolute atomic E-state index is 11.0. The van der Waals surface area contributed by atoms with Crippen LogP contribution in [0.2, 0.25) is 0 Å². The van der Waals surface area contributed by atoms with Gasteiger partial charge < -0.3 is 9.64 Å². The summed E-state index contributed by atoms with van der Waals surface area (Å²) in [5, 5.41) is 0. The van der Waals surface area contributed by atoms with E-state index >= 15 is 0 Å². The number of hydrogen-bond acceptors (Lipinski definition) is 4. The highest BCUT2D eigenvalue weighted by atomic mass is 16.5. The molecule has 0 heterocycles. The Morgan fingerprint density at radius 2 is 2.06 bits per heavy atom. The van der Waals surface area contributed by atoms with E-state index < -0.39 is 0 Å². The van der Waals surface area contributed by atoms with Gasteiger partial charge in [0.25, 0.3) is 0 Å². The predicted octanol–water partition coefficient (Wildman–Crippen LogP) is 0.897. The molecule has 0 fully saturated rings. The first kappa shape index (κ1) is 14.5. The molecule has 0 bridgehead atoms. The van der Waals surface area contributed by atoms with Gasteiger partial charge in [-0.1, -0.05) is 12.1 Å². The Labute approximate surface area is 108 Å². The number of rotatable bonds is 7. The highest BCUT2D eigenvalue weighted by Crippen LogP contribution is 2.12. The maximum atomic E-state index is 11.0. The number of hydrogen-bond donors (Lipinski definition) is 2. The van der Waals surface area contributed by atoms with E-state index in [0.29, 0.717) is 6.42 Å². The van der Waals surface area contributed by atoms with E-state index in [2.05, 4.69) is 10.3 Å². The van der Waals surface area contributed by atoms with Gasteiger partial charge in [-0.15, -0.1) is 0 Å². The first-order valence-electron chi connectivity index (χ1n) is 5.96. The van der Waals surface area contributed by atoms with Gasteiger partial charge in [0.15, 0.2) is 0 Å². The Hall–Kier alpha value is -1.59. The van der Waals surface area contributed by atoms with Crippen molar-refractivity contribution in [3.8, 4) is 5.75 Å². The van der Waals surface area contributed by atoms with E-state index in [-0.39, 0.29) is 5.91 Å². The quantitative estimate of drug-likeness (QED) is 0.429. The Kier molecular flexibility index (Phi) is 6.18. The number of carbonyl (C=O) groups excluding carboxylic acids is 1. The van der Waals surface area contributed by atoms with Crippen LogP contribution in [0.5, 0.6) is 5.75 Å². The zero-order valence-electron chi connectivity index (χ0n) is 11.0. The van der Waals surface area contributed by atoms with Crippen molar-refractivity contribution < 1.29 is 9.53 Å². The number of benzene rings is 1. The monoisotopic (exact) mass is 251 g/mol. The largest absolute Gasteiger partial charge is 0.497 e. The highest BCUT2D eigenvalue weighted by Gasteiger charge is 2.03. The number of nitrogens with zero attached hydrogens (tertiary/aromatic N) is 1. The summed E-state index contributed by atoms with van der Waals surface area (Å²) in [6, 6.07) is 7.99. The molecule has 0 radical (unpaired) electrons. The van der Waals surface area contributed by atoms with Crippen LogP contribution < -0.4 is 16.0 Å². The lowest BCUT2D eigenvalue weighted by Gasteiger charge is -2.16. The Morgan fingerprint density at radius 1 is 1.39 bits per heavy atom. The average Bonchev–Trinajstić information content (AvgIpc) is 2.39. The molecule has 3 N–H and O–H groups in total. The predicted molar refractivity (Wildman–Crippen MR) is 70.9 cm³/mol. The van der Waals surface area contributed by atoms with Crippen LogP contribution >= 0.6 is 0 Å². The van der Waals surface area contributed by atoms with Crippen LogP contribution in [-0.4, -0.2) is 31.5 Å². The molecule has 0 atom stereocenters. The third-order valence-electron chi connectivity index (χ3n) is 2.72. The Bertz CT molecular complexity index is 365. The second kappa shape index (κ2) is 7.68. The average molecular weight is 251 g/mol. The van der Waals surface area contributed by atoms with Gasteiger partial charge in [0, 0.05) is 13.0 Å². The summed E-state index contributed by atoms with van der Waals surface area (Å²) < 4.78 is 5.11. The van der Waals surface area contributed by atoms with E-state index in [1.165, 1.54) is 5.56 Å². The summed E-state index contributed by atoms with van der Waals surface area (Å²) in [5.41, 5.74) is 3.35. The lowest BCUT2D eigenvalue weighted by atomic mass is 10.2. The molecular formula is C13H21N3O2. The molecule has 0 aliphatic rings. The van der Waals surface area contributed by atoms with Gasteiger partial charge in [0.1, 0.15) is 5.75 Å². The molecule has 0 aliphatic heterocycles. The number of ether oxygens (including phenoxy) is 1. The minimum Gasteiger partial charge on any atom is -0.497 e. The molecule has 18 heavy (non-hydrogen) atoms. The van der Waals surface area contributed by atoms with Gasteiger partial charge in [0.2, 0.25) is 5.91 Å². The molecule has 1 aromatic carbocycles. The van der Waals surface area contributed by atoms with Gasteiger partial charge in [0.05, 0.1) is 7.11 Å². The third-order valence-corrected chi connectivity index (χ3v) is 2.72. The zero-order chi connectivity index (χ0) is 13.4. The van der Waals surface area contributed by atoms with Crippen LogP contribution in [0.25, 0.3) is 0 Å². The molecular weight excluding hydrogens is 230 g/mol. The minimum atomic E-state index is -0.118. The van der Waals surface area contributed by atoms with Crippen LogP contribution in [0.4, 0.5) is 0 Å². The van der Waals surface area contributed by atoms with Crippen LogP contribution in [0.1, 0.15) is 18.4 Å². The summed E-state index contributed by atoms with van der Waals surface area (Å²) in [6.45, 7) is 1.72. The zero-order valence-corrected chi connectivity index (χ0v) is 11.0. The maximum Gasteiger partial charge on any atom is 0.233 e. The third kappa shape index (κ3) is 5.16. The van der Waals surface area contributed by atoms with Crippen LogP contribution in [0.3, 0.4) is 0 Å². The fourth-order valence-corrected chi connectivity index (χ4v) is 1.70. The summed E-state index contributed by atoms with van der Waals surface area (Å²) >= 11 is 0. The summed E-state index contributed by atoms with van der Waals surface area (Å²) in [4.78, 5) is 13.1. The van der Waals surface area contributed by atoms with Crippen molar-refractivity contribution in [2.75, 3.05) is 20.7 Å². The van der Waals surface area contributed by atoms with Gasteiger partial charge in [-0.25, -0.2) is 5.84 Å². The second-order valence-corrected chi connectivity index (χ2v) is 4.26. The molecule has 0 aromatic heterocycles. The van der Waals surface area contributed by atoms with Crippen molar-refractivity contribution in [2.24, 2.45) is 5.84 Å². The van der Waals surface area contributed by atoms with E-state index in [9.17, 15) is 4.79 Å². The van der Waals surface area contributed by atoms with Crippen molar-refractivity contribution in [3.05, 3.63) is 29.8 Å². The molecule has 5 heteroatoms. The first-order valence-corrected chi connectivity index (χ1v) is 5.96. The summed E-state index contributed by atoms with van der Waals surface area (Å²) in [6.07, 6.45) is 1.26. The van der Waals surface area contributed by atoms with E-state index in [4.69, 9.17) is 10.6 Å². The van der Waals surface area contributed by atoms with E-state index in [1.807, 2.05) is 31.3 Å². The van der Waals surface area contributed by atoms with Crippen LogP contribution in [0, 0.1) is 0 Å². The van der Waals surface area contributed by atoms with Crippen molar-refractivity contribution in [3.63, 3.8) is 0 Å². The molecule has 0 saturated carbocycles. The smallest absolute Gasteiger partial charge is 0.233 e. The normalized spacial score (nSPS) is 10.4. The Balaban J connectivity index is 2.30. The molecule has 0 saturated heterocycles. The molecule has 1 amide bonds. The molecule has 1 aromatic rings. The van der Waals surface area contributed by atoms with Gasteiger partial charge in [-0.3, -0.25) is 10.2 Å². The van der Waals surface area contributed by atoms with Crippen molar-refractivity contribution in [2.45, 2.75) is 19.4 Å². The minimum absolute atomic E-state index is 0.118. The fraction of sp³-hybridized carbons (Fsp3) is 0.462. The highest BCUT2D eigenvalue weighted by molar-refractivity contribution is 5.75. The van der Waals surface area contributed by atoms with Crippen LogP contribution in [-0.2, 0) is 11.3 Å².